The van der Waals surface area contributed by atoms with Crippen LogP contribution in [0, 0.1) is 0 Å². The van der Waals surface area contributed by atoms with Crippen LogP contribution >= 0.6 is 27.5 Å². The van der Waals surface area contributed by atoms with Crippen molar-refractivity contribution in [3.8, 4) is 0 Å². The molecule has 2 atom stereocenters. The maximum atomic E-state index is 12.7. The van der Waals surface area contributed by atoms with Crippen molar-refractivity contribution in [3.05, 3.63) is 33.3 Å². The van der Waals surface area contributed by atoms with E-state index < -0.39 is 0 Å². The summed E-state index contributed by atoms with van der Waals surface area (Å²) in [4.78, 5) is 14.7. The molecule has 2 heterocycles. The third-order valence-electron chi connectivity index (χ3n) is 4.29. The maximum absolute atomic E-state index is 12.7. The second-order valence-corrected chi connectivity index (χ2v) is 6.80. The number of amides is 1. The van der Waals surface area contributed by atoms with Crippen molar-refractivity contribution in [2.24, 2.45) is 0 Å². The fraction of sp³-hybridized carbons (Fsp3) is 0.533. The minimum atomic E-state index is 0.107. The number of rotatable bonds is 2. The van der Waals surface area contributed by atoms with Gasteiger partial charge in [0.05, 0.1) is 5.02 Å². The van der Waals surface area contributed by atoms with Gasteiger partial charge < -0.3 is 10.2 Å². The molecule has 108 valence electrons. The summed E-state index contributed by atoms with van der Waals surface area (Å²) in [6.07, 6.45) is 4.59. The molecule has 1 N–H and O–H groups in total. The Kier molecular flexibility index (Phi) is 4.34. The predicted octanol–water partition coefficient (Wildman–Crippen LogP) is 3.46. The molecule has 0 saturated carbocycles. The summed E-state index contributed by atoms with van der Waals surface area (Å²) in [5, 5.41) is 4.12. The number of halogens is 2. The monoisotopic (exact) mass is 356 g/mol. The van der Waals surface area contributed by atoms with E-state index >= 15 is 0 Å². The van der Waals surface area contributed by atoms with Crippen molar-refractivity contribution in [3.63, 3.8) is 0 Å². The van der Waals surface area contributed by atoms with Gasteiger partial charge in [0.1, 0.15) is 0 Å². The van der Waals surface area contributed by atoms with Gasteiger partial charge in [0, 0.05) is 28.7 Å². The van der Waals surface area contributed by atoms with Gasteiger partial charge in [-0.25, -0.2) is 0 Å². The summed E-state index contributed by atoms with van der Waals surface area (Å²) in [7, 11) is 0. The molecule has 2 unspecified atom stereocenters. The van der Waals surface area contributed by atoms with E-state index in [1.165, 1.54) is 12.8 Å². The smallest absolute Gasteiger partial charge is 0.254 e. The summed E-state index contributed by atoms with van der Waals surface area (Å²) in [5.41, 5.74) is 0.683. The molecule has 0 radical (unpaired) electrons. The summed E-state index contributed by atoms with van der Waals surface area (Å²) in [5.74, 6) is 0.107. The lowest BCUT2D eigenvalue weighted by Gasteiger charge is -2.29. The highest BCUT2D eigenvalue weighted by Crippen LogP contribution is 2.28. The predicted molar refractivity (Wildman–Crippen MR) is 84.2 cm³/mol. The number of hydrogen-bond donors (Lipinski definition) is 1. The van der Waals surface area contributed by atoms with Gasteiger partial charge in [-0.2, -0.15) is 0 Å². The van der Waals surface area contributed by atoms with E-state index in [9.17, 15) is 4.79 Å². The molecule has 2 aliphatic heterocycles. The van der Waals surface area contributed by atoms with Crippen molar-refractivity contribution in [2.75, 3.05) is 13.1 Å². The van der Waals surface area contributed by atoms with Crippen LogP contribution in [0.3, 0.4) is 0 Å². The van der Waals surface area contributed by atoms with E-state index in [1.807, 2.05) is 17.0 Å². The van der Waals surface area contributed by atoms with E-state index in [2.05, 4.69) is 21.2 Å². The molecule has 0 bridgehead atoms. The van der Waals surface area contributed by atoms with Crippen molar-refractivity contribution in [1.82, 2.24) is 10.2 Å². The number of carbonyl (C=O) groups is 1. The zero-order valence-electron chi connectivity index (χ0n) is 11.2. The highest BCUT2D eigenvalue weighted by Gasteiger charge is 2.36. The van der Waals surface area contributed by atoms with Crippen molar-refractivity contribution < 1.29 is 4.79 Å². The largest absolute Gasteiger partial charge is 0.334 e. The molecule has 0 aliphatic carbocycles. The molecule has 0 spiro atoms. The first-order valence-electron chi connectivity index (χ1n) is 7.16. The van der Waals surface area contributed by atoms with Crippen molar-refractivity contribution >= 4 is 33.4 Å². The molecule has 1 amide bonds. The van der Waals surface area contributed by atoms with Crippen LogP contribution < -0.4 is 5.32 Å². The fourth-order valence-corrected chi connectivity index (χ4v) is 3.73. The Morgan fingerprint density at radius 3 is 2.90 bits per heavy atom. The second-order valence-electron chi connectivity index (χ2n) is 5.54. The van der Waals surface area contributed by atoms with Gasteiger partial charge in [0.25, 0.3) is 5.91 Å². The molecule has 20 heavy (non-hydrogen) atoms. The Morgan fingerprint density at radius 1 is 1.35 bits per heavy atom. The Labute approximate surface area is 132 Å². The first kappa shape index (κ1) is 14.4. The number of carbonyl (C=O) groups excluding carboxylic acids is 1. The topological polar surface area (TPSA) is 32.3 Å². The SMILES string of the molecule is O=C(c1ccc(Br)c(Cl)c1)N1CCCC1C1CCCN1. The first-order valence-corrected chi connectivity index (χ1v) is 8.33. The standard InChI is InChI=1S/C15H18BrClN2O/c16-11-6-5-10(9-12(11)17)15(20)19-8-2-4-14(19)13-3-1-7-18-13/h5-6,9,13-14,18H,1-4,7-8H2. The second kappa shape index (κ2) is 6.04. The molecule has 3 nitrogen and oxygen atoms in total. The maximum Gasteiger partial charge on any atom is 0.254 e. The lowest BCUT2D eigenvalue weighted by atomic mass is 10.0. The molecule has 2 aliphatic rings. The lowest BCUT2D eigenvalue weighted by molar-refractivity contribution is 0.0711. The minimum Gasteiger partial charge on any atom is -0.334 e. The summed E-state index contributed by atoms with van der Waals surface area (Å²) >= 11 is 9.46. The molecule has 5 heteroatoms. The normalized spacial score (nSPS) is 26.2. The van der Waals surface area contributed by atoms with Gasteiger partial charge in [-0.15, -0.1) is 0 Å². The summed E-state index contributed by atoms with van der Waals surface area (Å²) in [6, 6.07) is 6.25. The number of likely N-dealkylation sites (tertiary alicyclic amines) is 1. The van der Waals surface area contributed by atoms with Crippen LogP contribution in [0.2, 0.25) is 5.02 Å². The number of nitrogens with zero attached hydrogens (tertiary/aromatic N) is 1. The number of nitrogens with one attached hydrogen (secondary N) is 1. The molecular formula is C15H18BrClN2O. The lowest BCUT2D eigenvalue weighted by Crippen LogP contribution is -2.46. The quantitative estimate of drug-likeness (QED) is 0.879. The third kappa shape index (κ3) is 2.74. The third-order valence-corrected chi connectivity index (χ3v) is 5.52. The van der Waals surface area contributed by atoms with Crippen molar-refractivity contribution in [2.45, 2.75) is 37.8 Å². The molecule has 3 rings (SSSR count). The number of hydrogen-bond acceptors (Lipinski definition) is 2. The Balaban J connectivity index is 1.79. The van der Waals surface area contributed by atoms with E-state index in [1.54, 1.807) is 6.07 Å². The Morgan fingerprint density at radius 2 is 2.20 bits per heavy atom. The van der Waals surface area contributed by atoms with E-state index in [0.717, 1.165) is 30.4 Å². The summed E-state index contributed by atoms with van der Waals surface area (Å²) < 4.78 is 0.825. The molecule has 2 fully saturated rings. The van der Waals surface area contributed by atoms with Crippen LogP contribution in [0.15, 0.2) is 22.7 Å². The van der Waals surface area contributed by atoms with E-state index in [4.69, 9.17) is 11.6 Å². The molecule has 2 saturated heterocycles. The molecule has 1 aromatic carbocycles. The van der Waals surface area contributed by atoms with Gasteiger partial charge >= 0.3 is 0 Å². The zero-order valence-corrected chi connectivity index (χ0v) is 13.6. The van der Waals surface area contributed by atoms with Crippen LogP contribution in [0.4, 0.5) is 0 Å². The zero-order chi connectivity index (χ0) is 14.1. The molecular weight excluding hydrogens is 340 g/mol. The highest BCUT2D eigenvalue weighted by molar-refractivity contribution is 9.10. The van der Waals surface area contributed by atoms with Crippen LogP contribution in [0.5, 0.6) is 0 Å². The van der Waals surface area contributed by atoms with E-state index in [-0.39, 0.29) is 5.91 Å². The first-order chi connectivity index (χ1) is 9.66. The van der Waals surface area contributed by atoms with Gasteiger partial charge in [-0.3, -0.25) is 4.79 Å². The highest BCUT2D eigenvalue weighted by atomic mass is 79.9. The van der Waals surface area contributed by atoms with Crippen LogP contribution in [-0.4, -0.2) is 36.0 Å². The van der Waals surface area contributed by atoms with Gasteiger partial charge in [0.15, 0.2) is 0 Å². The number of benzene rings is 1. The van der Waals surface area contributed by atoms with Crippen LogP contribution in [0.25, 0.3) is 0 Å². The average Bonchev–Trinajstić information content (AvgIpc) is 3.10. The Hall–Kier alpha value is -0.580. The van der Waals surface area contributed by atoms with Gasteiger partial charge in [-0.05, 0) is 66.4 Å². The van der Waals surface area contributed by atoms with E-state index in [0.29, 0.717) is 22.7 Å². The van der Waals surface area contributed by atoms with Gasteiger partial charge in [-0.1, -0.05) is 11.6 Å². The Bertz CT molecular complexity index is 517. The van der Waals surface area contributed by atoms with Crippen LogP contribution in [-0.2, 0) is 0 Å². The van der Waals surface area contributed by atoms with Crippen molar-refractivity contribution in [1.29, 1.82) is 0 Å². The van der Waals surface area contributed by atoms with Crippen LogP contribution in [0.1, 0.15) is 36.0 Å². The minimum absolute atomic E-state index is 0.107. The average molecular weight is 358 g/mol. The van der Waals surface area contributed by atoms with Gasteiger partial charge in [0.2, 0.25) is 0 Å². The summed E-state index contributed by atoms with van der Waals surface area (Å²) in [6.45, 7) is 1.93. The molecule has 0 aromatic heterocycles. The fourth-order valence-electron chi connectivity index (χ4n) is 3.30. The molecule has 1 aromatic rings.